The van der Waals surface area contributed by atoms with Crippen molar-refractivity contribution in [2.75, 3.05) is 13.1 Å². The van der Waals surface area contributed by atoms with E-state index >= 15 is 0 Å². The standard InChI is InChI=1S/C16H23NO2/c18-16-11-14(10-15(16)17-8-4-5-9-17)19-12-13-6-2-1-3-7-13/h1-3,6-7,14-16,18H,4-5,8-12H2/t14-,15-,16-/m0/s1. The monoisotopic (exact) mass is 261 g/mol. The van der Waals surface area contributed by atoms with Crippen LogP contribution in [0.4, 0.5) is 0 Å². The van der Waals surface area contributed by atoms with Crippen molar-refractivity contribution in [2.24, 2.45) is 0 Å². The van der Waals surface area contributed by atoms with E-state index in [-0.39, 0.29) is 12.2 Å². The Hall–Kier alpha value is -0.900. The highest BCUT2D eigenvalue weighted by molar-refractivity contribution is 5.13. The van der Waals surface area contributed by atoms with Crippen LogP contribution >= 0.6 is 0 Å². The van der Waals surface area contributed by atoms with Crippen molar-refractivity contribution in [1.82, 2.24) is 4.90 Å². The lowest BCUT2D eigenvalue weighted by molar-refractivity contribution is 0.0357. The summed E-state index contributed by atoms with van der Waals surface area (Å²) < 4.78 is 5.96. The molecule has 2 fully saturated rings. The first-order valence-electron chi connectivity index (χ1n) is 7.40. The summed E-state index contributed by atoms with van der Waals surface area (Å²) in [6.07, 6.45) is 4.32. The smallest absolute Gasteiger partial charge is 0.0721 e. The molecule has 0 radical (unpaired) electrons. The molecule has 1 aliphatic heterocycles. The number of aliphatic hydroxyl groups excluding tert-OH is 1. The summed E-state index contributed by atoms with van der Waals surface area (Å²) in [6.45, 7) is 2.95. The molecule has 3 heteroatoms. The minimum atomic E-state index is -0.209. The van der Waals surface area contributed by atoms with E-state index in [1.165, 1.54) is 18.4 Å². The van der Waals surface area contributed by atoms with E-state index in [9.17, 15) is 5.11 Å². The Kier molecular flexibility index (Phi) is 4.16. The van der Waals surface area contributed by atoms with Crippen LogP contribution in [0.1, 0.15) is 31.2 Å². The zero-order valence-electron chi connectivity index (χ0n) is 11.4. The fourth-order valence-electron chi connectivity index (χ4n) is 3.34. The molecule has 1 heterocycles. The molecule has 0 spiro atoms. The number of likely N-dealkylation sites (tertiary alicyclic amines) is 1. The summed E-state index contributed by atoms with van der Waals surface area (Å²) in [5.41, 5.74) is 1.21. The van der Waals surface area contributed by atoms with Crippen molar-refractivity contribution in [3.05, 3.63) is 35.9 Å². The van der Waals surface area contributed by atoms with Gasteiger partial charge in [0.2, 0.25) is 0 Å². The van der Waals surface area contributed by atoms with Gasteiger partial charge in [-0.15, -0.1) is 0 Å². The van der Waals surface area contributed by atoms with E-state index in [1.54, 1.807) is 0 Å². The number of rotatable bonds is 4. The van der Waals surface area contributed by atoms with Crippen LogP contribution in [-0.2, 0) is 11.3 Å². The van der Waals surface area contributed by atoms with Crippen LogP contribution < -0.4 is 0 Å². The van der Waals surface area contributed by atoms with Crippen LogP contribution in [0.2, 0.25) is 0 Å². The SMILES string of the molecule is O[C@H]1C[C@@H](OCc2ccccc2)C[C@@H]1N1CCCC1. The molecule has 3 atom stereocenters. The van der Waals surface area contributed by atoms with Crippen LogP contribution in [-0.4, -0.2) is 41.3 Å². The summed E-state index contributed by atoms with van der Waals surface area (Å²) in [7, 11) is 0. The summed E-state index contributed by atoms with van der Waals surface area (Å²) in [5, 5.41) is 10.2. The van der Waals surface area contributed by atoms with Crippen molar-refractivity contribution in [2.45, 2.75) is 50.5 Å². The molecule has 0 amide bonds. The fraction of sp³-hybridized carbons (Fsp3) is 0.625. The highest BCUT2D eigenvalue weighted by Gasteiger charge is 2.38. The number of ether oxygens (including phenoxy) is 1. The molecule has 2 aliphatic rings. The Morgan fingerprint density at radius 1 is 1.11 bits per heavy atom. The number of hydrogen-bond acceptors (Lipinski definition) is 3. The van der Waals surface area contributed by atoms with E-state index in [1.807, 2.05) is 18.2 Å². The van der Waals surface area contributed by atoms with Gasteiger partial charge < -0.3 is 9.84 Å². The molecule has 0 aromatic heterocycles. The highest BCUT2D eigenvalue weighted by atomic mass is 16.5. The Balaban J connectivity index is 1.50. The molecule has 1 aromatic rings. The Labute approximate surface area is 115 Å². The van der Waals surface area contributed by atoms with Gasteiger partial charge in [0.15, 0.2) is 0 Å². The fourth-order valence-corrected chi connectivity index (χ4v) is 3.34. The third kappa shape index (κ3) is 3.16. The number of benzene rings is 1. The van der Waals surface area contributed by atoms with Crippen molar-refractivity contribution >= 4 is 0 Å². The van der Waals surface area contributed by atoms with Gasteiger partial charge in [0.05, 0.1) is 18.8 Å². The maximum Gasteiger partial charge on any atom is 0.0721 e. The van der Waals surface area contributed by atoms with Gasteiger partial charge in [0.1, 0.15) is 0 Å². The van der Waals surface area contributed by atoms with Crippen LogP contribution in [0.5, 0.6) is 0 Å². The maximum atomic E-state index is 10.2. The largest absolute Gasteiger partial charge is 0.391 e. The molecule has 104 valence electrons. The Bertz CT molecular complexity index is 389. The van der Waals surface area contributed by atoms with Crippen molar-refractivity contribution in [3.63, 3.8) is 0 Å². The maximum absolute atomic E-state index is 10.2. The van der Waals surface area contributed by atoms with E-state index in [4.69, 9.17) is 4.74 Å². The second-order valence-electron chi connectivity index (χ2n) is 5.77. The molecule has 3 nitrogen and oxygen atoms in total. The number of hydrogen-bond donors (Lipinski definition) is 1. The van der Waals surface area contributed by atoms with Gasteiger partial charge in [0, 0.05) is 12.5 Å². The summed E-state index contributed by atoms with van der Waals surface area (Å²) in [5.74, 6) is 0. The molecule has 1 aromatic carbocycles. The number of nitrogens with zero attached hydrogens (tertiary/aromatic N) is 1. The third-order valence-electron chi connectivity index (χ3n) is 4.39. The lowest BCUT2D eigenvalue weighted by atomic mass is 10.2. The average molecular weight is 261 g/mol. The zero-order chi connectivity index (χ0) is 13.1. The summed E-state index contributed by atoms with van der Waals surface area (Å²) in [4.78, 5) is 2.44. The van der Waals surface area contributed by atoms with Gasteiger partial charge in [-0.3, -0.25) is 4.90 Å². The van der Waals surface area contributed by atoms with E-state index in [2.05, 4.69) is 17.0 Å². The molecule has 19 heavy (non-hydrogen) atoms. The van der Waals surface area contributed by atoms with Crippen LogP contribution in [0, 0.1) is 0 Å². The molecule has 1 saturated carbocycles. The normalized spacial score (nSPS) is 31.9. The minimum Gasteiger partial charge on any atom is -0.391 e. The predicted molar refractivity (Wildman–Crippen MR) is 74.9 cm³/mol. The lowest BCUT2D eigenvalue weighted by Crippen LogP contribution is -2.38. The lowest BCUT2D eigenvalue weighted by Gasteiger charge is -2.25. The van der Waals surface area contributed by atoms with E-state index < -0.39 is 0 Å². The number of aliphatic hydroxyl groups is 1. The van der Waals surface area contributed by atoms with E-state index in [0.29, 0.717) is 12.6 Å². The van der Waals surface area contributed by atoms with Crippen molar-refractivity contribution < 1.29 is 9.84 Å². The molecular formula is C16H23NO2. The molecule has 0 bridgehead atoms. The first kappa shape index (κ1) is 13.1. The van der Waals surface area contributed by atoms with E-state index in [0.717, 1.165) is 25.9 Å². The van der Waals surface area contributed by atoms with Crippen molar-refractivity contribution in [1.29, 1.82) is 0 Å². The first-order chi connectivity index (χ1) is 9.33. The molecule has 1 N–H and O–H groups in total. The molecule has 0 unspecified atom stereocenters. The predicted octanol–water partition coefficient (Wildman–Crippen LogP) is 2.19. The summed E-state index contributed by atoms with van der Waals surface area (Å²) >= 11 is 0. The van der Waals surface area contributed by atoms with Gasteiger partial charge in [-0.25, -0.2) is 0 Å². The van der Waals surface area contributed by atoms with Crippen LogP contribution in [0.15, 0.2) is 30.3 Å². The Morgan fingerprint density at radius 3 is 2.58 bits per heavy atom. The van der Waals surface area contributed by atoms with Crippen LogP contribution in [0.3, 0.4) is 0 Å². The van der Waals surface area contributed by atoms with Crippen molar-refractivity contribution in [3.8, 4) is 0 Å². The first-order valence-corrected chi connectivity index (χ1v) is 7.40. The zero-order valence-corrected chi connectivity index (χ0v) is 11.4. The highest BCUT2D eigenvalue weighted by Crippen LogP contribution is 2.29. The van der Waals surface area contributed by atoms with Crippen LogP contribution in [0.25, 0.3) is 0 Å². The molecule has 3 rings (SSSR count). The molecule has 1 aliphatic carbocycles. The second-order valence-corrected chi connectivity index (χ2v) is 5.77. The van der Waals surface area contributed by atoms with Gasteiger partial charge in [-0.2, -0.15) is 0 Å². The Morgan fingerprint density at radius 2 is 1.84 bits per heavy atom. The molecule has 1 saturated heterocycles. The quantitative estimate of drug-likeness (QED) is 0.902. The topological polar surface area (TPSA) is 32.7 Å². The van der Waals surface area contributed by atoms with Gasteiger partial charge in [0.25, 0.3) is 0 Å². The third-order valence-corrected chi connectivity index (χ3v) is 4.39. The van der Waals surface area contributed by atoms with Gasteiger partial charge >= 0.3 is 0 Å². The second kappa shape index (κ2) is 6.04. The van der Waals surface area contributed by atoms with Gasteiger partial charge in [-0.05, 0) is 37.9 Å². The minimum absolute atomic E-state index is 0.209. The summed E-state index contributed by atoms with van der Waals surface area (Å²) in [6, 6.07) is 10.6. The molecular weight excluding hydrogens is 238 g/mol. The van der Waals surface area contributed by atoms with Gasteiger partial charge in [-0.1, -0.05) is 30.3 Å². The average Bonchev–Trinajstić information content (AvgIpc) is 3.07.